The Morgan fingerprint density at radius 2 is 1.75 bits per heavy atom. The Kier molecular flexibility index (Phi) is 5.69. The lowest BCUT2D eigenvalue weighted by molar-refractivity contribution is -0.384. The summed E-state index contributed by atoms with van der Waals surface area (Å²) in [5.41, 5.74) is 0.530. The highest BCUT2D eigenvalue weighted by Crippen LogP contribution is 2.33. The summed E-state index contributed by atoms with van der Waals surface area (Å²) in [6.45, 7) is 1.90. The molecule has 0 unspecified atom stereocenters. The lowest BCUT2D eigenvalue weighted by Crippen LogP contribution is -2.16. The summed E-state index contributed by atoms with van der Waals surface area (Å²) in [4.78, 5) is 36.4. The fourth-order valence-corrected chi connectivity index (χ4v) is 3.43. The molecule has 160 valence electrons. The van der Waals surface area contributed by atoms with Gasteiger partial charge in [0.25, 0.3) is 5.69 Å². The van der Waals surface area contributed by atoms with E-state index in [-0.39, 0.29) is 33.1 Å². The number of carbonyl (C=O) groups is 1. The first-order valence-corrected chi connectivity index (χ1v) is 9.99. The molecule has 0 radical (unpaired) electrons. The van der Waals surface area contributed by atoms with Gasteiger partial charge < -0.3 is 9.15 Å². The molecule has 7 nitrogen and oxygen atoms in total. The predicted octanol–water partition coefficient (Wildman–Crippen LogP) is 6.20. The van der Waals surface area contributed by atoms with E-state index < -0.39 is 22.0 Å². The molecule has 4 aromatic rings. The Morgan fingerprint density at radius 1 is 1.03 bits per heavy atom. The standard InChI is InChI=1S/C23H13Cl2NO6/c1-12-2-4-13(5-3-12)21-22(20(27)16-11-15(24)7-9-19(16)31-21)32-23(28)14-6-8-17(25)18(10-14)26(29)30/h2-11H,1H3. The number of nitrogens with zero attached hydrogens (tertiary/aromatic N) is 1. The number of rotatable bonds is 4. The maximum absolute atomic E-state index is 13.2. The smallest absolute Gasteiger partial charge is 0.344 e. The van der Waals surface area contributed by atoms with E-state index >= 15 is 0 Å². The molecule has 1 heterocycles. The van der Waals surface area contributed by atoms with Gasteiger partial charge in [0.05, 0.1) is 15.9 Å². The van der Waals surface area contributed by atoms with Crippen LogP contribution in [0.2, 0.25) is 10.0 Å². The van der Waals surface area contributed by atoms with Crippen molar-refractivity contribution >= 4 is 45.8 Å². The first-order chi connectivity index (χ1) is 15.2. The van der Waals surface area contributed by atoms with Crippen LogP contribution in [-0.2, 0) is 0 Å². The van der Waals surface area contributed by atoms with Crippen LogP contribution in [0.15, 0.2) is 69.9 Å². The molecule has 32 heavy (non-hydrogen) atoms. The first-order valence-electron chi connectivity index (χ1n) is 9.24. The molecule has 0 aliphatic carbocycles. The normalized spacial score (nSPS) is 10.8. The molecule has 0 N–H and O–H groups in total. The zero-order valence-corrected chi connectivity index (χ0v) is 17.9. The molecule has 0 saturated carbocycles. The van der Waals surface area contributed by atoms with Gasteiger partial charge in [0.2, 0.25) is 11.2 Å². The number of hydrogen-bond donors (Lipinski definition) is 0. The van der Waals surface area contributed by atoms with Crippen molar-refractivity contribution in [1.29, 1.82) is 0 Å². The minimum Gasteiger partial charge on any atom is -0.452 e. The van der Waals surface area contributed by atoms with Crippen LogP contribution in [0, 0.1) is 17.0 Å². The van der Waals surface area contributed by atoms with Gasteiger partial charge in [0.1, 0.15) is 10.6 Å². The van der Waals surface area contributed by atoms with Crippen molar-refractivity contribution in [3.63, 3.8) is 0 Å². The summed E-state index contributed by atoms with van der Waals surface area (Å²) < 4.78 is 11.3. The number of nitro groups is 1. The van der Waals surface area contributed by atoms with Crippen molar-refractivity contribution in [1.82, 2.24) is 0 Å². The number of hydrogen-bond acceptors (Lipinski definition) is 6. The SMILES string of the molecule is Cc1ccc(-c2oc3ccc(Cl)cc3c(=O)c2OC(=O)c2ccc(Cl)c([N+](=O)[O-])c2)cc1. The van der Waals surface area contributed by atoms with Gasteiger partial charge >= 0.3 is 5.97 Å². The molecule has 0 aliphatic rings. The molecule has 1 aromatic heterocycles. The molecule has 0 aliphatic heterocycles. The Hall–Kier alpha value is -3.68. The quantitative estimate of drug-likeness (QED) is 0.200. The van der Waals surface area contributed by atoms with E-state index in [9.17, 15) is 19.7 Å². The maximum atomic E-state index is 13.2. The molecule has 9 heteroatoms. The van der Waals surface area contributed by atoms with Crippen molar-refractivity contribution in [2.75, 3.05) is 0 Å². The zero-order valence-electron chi connectivity index (χ0n) is 16.4. The van der Waals surface area contributed by atoms with Gasteiger partial charge in [-0.25, -0.2) is 4.79 Å². The van der Waals surface area contributed by atoms with Crippen molar-refractivity contribution < 1.29 is 18.9 Å². The third-order valence-electron chi connectivity index (χ3n) is 4.70. The highest BCUT2D eigenvalue weighted by atomic mass is 35.5. The molecular weight excluding hydrogens is 457 g/mol. The summed E-state index contributed by atoms with van der Waals surface area (Å²) in [6, 6.07) is 15.1. The minimum absolute atomic E-state index is 0.0432. The summed E-state index contributed by atoms with van der Waals surface area (Å²) in [5.74, 6) is -1.29. The number of fused-ring (bicyclic) bond motifs is 1. The average molecular weight is 470 g/mol. The van der Waals surface area contributed by atoms with Crippen LogP contribution in [0.4, 0.5) is 5.69 Å². The molecule has 0 amide bonds. The van der Waals surface area contributed by atoms with Gasteiger partial charge in [-0.05, 0) is 37.3 Å². The Bertz CT molecular complexity index is 1440. The Balaban J connectivity index is 1.88. The van der Waals surface area contributed by atoms with Crippen LogP contribution in [0.5, 0.6) is 5.75 Å². The molecule has 4 rings (SSSR count). The molecule has 0 atom stereocenters. The van der Waals surface area contributed by atoms with Gasteiger partial charge in [0.15, 0.2) is 5.76 Å². The first kappa shape index (κ1) is 21.5. The second kappa shape index (κ2) is 8.45. The highest BCUT2D eigenvalue weighted by Gasteiger charge is 2.23. The van der Waals surface area contributed by atoms with Crippen LogP contribution in [0.3, 0.4) is 0 Å². The second-order valence-corrected chi connectivity index (χ2v) is 7.75. The molecule has 0 saturated heterocycles. The fourth-order valence-electron chi connectivity index (χ4n) is 3.07. The maximum Gasteiger partial charge on any atom is 0.344 e. The van der Waals surface area contributed by atoms with Crippen LogP contribution >= 0.6 is 23.2 Å². The van der Waals surface area contributed by atoms with E-state index in [0.717, 1.165) is 11.6 Å². The van der Waals surface area contributed by atoms with Crippen LogP contribution in [0.25, 0.3) is 22.3 Å². The fraction of sp³-hybridized carbons (Fsp3) is 0.0435. The topological polar surface area (TPSA) is 99.7 Å². The average Bonchev–Trinajstić information content (AvgIpc) is 2.76. The summed E-state index contributed by atoms with van der Waals surface area (Å²) in [7, 11) is 0. The molecule has 0 fully saturated rings. The van der Waals surface area contributed by atoms with Crippen molar-refractivity contribution in [3.8, 4) is 17.1 Å². The van der Waals surface area contributed by atoms with E-state index in [1.165, 1.54) is 18.2 Å². The van der Waals surface area contributed by atoms with Crippen LogP contribution < -0.4 is 10.2 Å². The number of esters is 1. The third kappa shape index (κ3) is 4.08. The molecular formula is C23H13Cl2NO6. The van der Waals surface area contributed by atoms with Gasteiger partial charge in [-0.2, -0.15) is 0 Å². The van der Waals surface area contributed by atoms with Gasteiger partial charge in [0, 0.05) is 16.7 Å². The number of halogens is 2. The highest BCUT2D eigenvalue weighted by molar-refractivity contribution is 6.32. The van der Waals surface area contributed by atoms with Crippen LogP contribution in [0.1, 0.15) is 15.9 Å². The summed E-state index contributed by atoms with van der Waals surface area (Å²) >= 11 is 11.8. The van der Waals surface area contributed by atoms with E-state index in [1.54, 1.807) is 24.3 Å². The van der Waals surface area contributed by atoms with Crippen molar-refractivity contribution in [2.45, 2.75) is 6.92 Å². The number of benzene rings is 3. The van der Waals surface area contributed by atoms with E-state index in [0.29, 0.717) is 10.6 Å². The zero-order chi connectivity index (χ0) is 23.0. The molecule has 0 spiro atoms. The lowest BCUT2D eigenvalue weighted by Gasteiger charge is -2.11. The molecule has 0 bridgehead atoms. The monoisotopic (exact) mass is 469 g/mol. The number of ether oxygens (including phenoxy) is 1. The Labute approximate surface area is 190 Å². The third-order valence-corrected chi connectivity index (χ3v) is 5.25. The van der Waals surface area contributed by atoms with Gasteiger partial charge in [-0.15, -0.1) is 0 Å². The Morgan fingerprint density at radius 3 is 2.44 bits per heavy atom. The van der Waals surface area contributed by atoms with Crippen LogP contribution in [-0.4, -0.2) is 10.9 Å². The van der Waals surface area contributed by atoms with Gasteiger partial charge in [-0.3, -0.25) is 14.9 Å². The minimum atomic E-state index is -0.980. The number of carbonyl (C=O) groups excluding carboxylic acids is 1. The van der Waals surface area contributed by atoms with E-state index in [1.807, 2.05) is 19.1 Å². The van der Waals surface area contributed by atoms with Crippen molar-refractivity contribution in [2.24, 2.45) is 0 Å². The van der Waals surface area contributed by atoms with Gasteiger partial charge in [-0.1, -0.05) is 53.0 Å². The lowest BCUT2D eigenvalue weighted by atomic mass is 10.1. The number of aryl methyl sites for hydroxylation is 1. The second-order valence-electron chi connectivity index (χ2n) is 6.91. The van der Waals surface area contributed by atoms with E-state index in [4.69, 9.17) is 32.4 Å². The summed E-state index contributed by atoms with van der Waals surface area (Å²) in [6.07, 6.45) is 0. The van der Waals surface area contributed by atoms with E-state index in [2.05, 4.69) is 0 Å². The molecule has 3 aromatic carbocycles. The van der Waals surface area contributed by atoms with Crippen molar-refractivity contribution in [3.05, 3.63) is 102 Å². The largest absolute Gasteiger partial charge is 0.452 e. The summed E-state index contributed by atoms with van der Waals surface area (Å²) in [5, 5.41) is 11.4. The number of nitro benzene ring substituents is 1. The predicted molar refractivity (Wildman–Crippen MR) is 121 cm³/mol.